The van der Waals surface area contributed by atoms with Crippen LogP contribution in [0.25, 0.3) is 0 Å². The third-order valence-electron chi connectivity index (χ3n) is 2.80. The van der Waals surface area contributed by atoms with Crippen LogP contribution in [0.5, 0.6) is 0 Å². The van der Waals surface area contributed by atoms with Crippen LogP contribution < -0.4 is 10.5 Å². The molecule has 0 spiro atoms. The van der Waals surface area contributed by atoms with Gasteiger partial charge in [-0.2, -0.15) is 0 Å². The molecule has 0 aliphatic rings. The van der Waals surface area contributed by atoms with E-state index in [0.29, 0.717) is 12.2 Å². The summed E-state index contributed by atoms with van der Waals surface area (Å²) in [6.07, 6.45) is 1.64. The van der Waals surface area contributed by atoms with E-state index in [4.69, 9.17) is 5.73 Å². The quantitative estimate of drug-likeness (QED) is 0.721. The Balaban J connectivity index is 3.19. The van der Waals surface area contributed by atoms with Crippen molar-refractivity contribution in [1.29, 1.82) is 0 Å². The van der Waals surface area contributed by atoms with Crippen molar-refractivity contribution < 1.29 is 17.9 Å². The molecule has 0 unspecified atom stereocenters. The number of aryl methyl sites for hydroxylation is 1. The molecule has 21 heavy (non-hydrogen) atoms. The maximum Gasteiger partial charge on any atom is 0.360 e. The van der Waals surface area contributed by atoms with Crippen LogP contribution in [0.2, 0.25) is 0 Å². The number of rotatable bonds is 6. The fraction of sp³-hybridized carbons (Fsp3) is 0.667. The van der Waals surface area contributed by atoms with Crippen LogP contribution in [-0.2, 0) is 27.7 Å². The van der Waals surface area contributed by atoms with E-state index < -0.39 is 21.5 Å². The van der Waals surface area contributed by atoms with E-state index in [1.807, 2.05) is 6.92 Å². The number of sulfonamides is 1. The Kier molecular flexibility index (Phi) is 5.00. The molecule has 1 rings (SSSR count). The Morgan fingerprint density at radius 2 is 2.05 bits per heavy atom. The Hall–Kier alpha value is -1.61. The zero-order valence-electron chi connectivity index (χ0n) is 12.9. The average Bonchev–Trinajstić information content (AvgIpc) is 2.62. The highest BCUT2D eigenvalue weighted by atomic mass is 32.2. The lowest BCUT2D eigenvalue weighted by atomic mass is 10.1. The monoisotopic (exact) mass is 318 g/mol. The van der Waals surface area contributed by atoms with Gasteiger partial charge in [0, 0.05) is 18.5 Å². The highest BCUT2D eigenvalue weighted by molar-refractivity contribution is 7.88. The SMILES string of the molecule is CCc1nc(C(=O)OC)c(N)n1CC(C)(C)NS(C)(=O)=O. The summed E-state index contributed by atoms with van der Waals surface area (Å²) < 4.78 is 31.6. The zero-order valence-corrected chi connectivity index (χ0v) is 13.7. The van der Waals surface area contributed by atoms with Gasteiger partial charge in [0.1, 0.15) is 11.6 Å². The summed E-state index contributed by atoms with van der Waals surface area (Å²) in [5.74, 6) is 0.146. The van der Waals surface area contributed by atoms with E-state index in [1.165, 1.54) is 7.11 Å². The average molecular weight is 318 g/mol. The van der Waals surface area contributed by atoms with Crippen molar-refractivity contribution in [2.45, 2.75) is 39.3 Å². The van der Waals surface area contributed by atoms with E-state index in [2.05, 4.69) is 14.4 Å². The molecule has 1 aromatic rings. The van der Waals surface area contributed by atoms with Crippen molar-refractivity contribution in [3.63, 3.8) is 0 Å². The first-order valence-corrected chi connectivity index (χ1v) is 8.32. The summed E-state index contributed by atoms with van der Waals surface area (Å²) in [6, 6.07) is 0. The molecule has 0 bridgehead atoms. The lowest BCUT2D eigenvalue weighted by Gasteiger charge is -2.26. The second-order valence-corrected chi connectivity index (χ2v) is 7.20. The summed E-state index contributed by atoms with van der Waals surface area (Å²) in [5, 5.41) is 0. The highest BCUT2D eigenvalue weighted by Gasteiger charge is 2.27. The Labute approximate surface area is 124 Å². The third kappa shape index (κ3) is 4.43. The summed E-state index contributed by atoms with van der Waals surface area (Å²) in [6.45, 7) is 5.57. The summed E-state index contributed by atoms with van der Waals surface area (Å²) in [5.41, 5.74) is 5.22. The zero-order chi connectivity index (χ0) is 16.4. The van der Waals surface area contributed by atoms with Crippen molar-refractivity contribution in [1.82, 2.24) is 14.3 Å². The summed E-state index contributed by atoms with van der Waals surface area (Å²) >= 11 is 0. The molecule has 0 aromatic carbocycles. The lowest BCUT2D eigenvalue weighted by molar-refractivity contribution is 0.0595. The number of anilines is 1. The van der Waals surface area contributed by atoms with Crippen molar-refractivity contribution in [3.8, 4) is 0 Å². The van der Waals surface area contributed by atoms with E-state index in [-0.39, 0.29) is 18.1 Å². The van der Waals surface area contributed by atoms with Crippen LogP contribution in [0.4, 0.5) is 5.82 Å². The fourth-order valence-corrected chi connectivity index (χ4v) is 3.20. The molecular weight excluding hydrogens is 296 g/mol. The highest BCUT2D eigenvalue weighted by Crippen LogP contribution is 2.20. The van der Waals surface area contributed by atoms with Gasteiger partial charge in [0.05, 0.1) is 13.4 Å². The van der Waals surface area contributed by atoms with Gasteiger partial charge in [0.15, 0.2) is 5.69 Å². The number of imidazole rings is 1. The molecule has 3 N–H and O–H groups in total. The number of nitrogens with one attached hydrogen (secondary N) is 1. The molecule has 8 nitrogen and oxygen atoms in total. The number of ether oxygens (including phenoxy) is 1. The van der Waals surface area contributed by atoms with Crippen molar-refractivity contribution in [2.75, 3.05) is 19.1 Å². The van der Waals surface area contributed by atoms with Crippen LogP contribution in [0.3, 0.4) is 0 Å². The summed E-state index contributed by atoms with van der Waals surface area (Å²) in [7, 11) is -2.11. The van der Waals surface area contributed by atoms with Crippen molar-refractivity contribution in [2.24, 2.45) is 0 Å². The van der Waals surface area contributed by atoms with Gasteiger partial charge in [-0.3, -0.25) is 0 Å². The van der Waals surface area contributed by atoms with Gasteiger partial charge in [-0.15, -0.1) is 0 Å². The molecule has 9 heteroatoms. The molecule has 0 aliphatic carbocycles. The number of carbonyl (C=O) groups excluding carboxylic acids is 1. The molecule has 0 saturated heterocycles. The van der Waals surface area contributed by atoms with Gasteiger partial charge in [0.2, 0.25) is 10.0 Å². The minimum atomic E-state index is -3.36. The standard InChI is InChI=1S/C12H22N4O4S/c1-6-8-14-9(11(17)20-4)10(13)16(8)7-12(2,3)15-21(5,18)19/h15H,6-7,13H2,1-5H3. The van der Waals surface area contributed by atoms with Gasteiger partial charge in [-0.1, -0.05) is 6.92 Å². The lowest BCUT2D eigenvalue weighted by Crippen LogP contribution is -2.46. The molecule has 1 heterocycles. The van der Waals surface area contributed by atoms with Gasteiger partial charge < -0.3 is 15.0 Å². The minimum Gasteiger partial charge on any atom is -0.464 e. The number of nitrogen functional groups attached to an aromatic ring is 1. The molecule has 0 saturated carbocycles. The van der Waals surface area contributed by atoms with Gasteiger partial charge in [0.25, 0.3) is 0 Å². The fourth-order valence-electron chi connectivity index (χ4n) is 2.14. The largest absolute Gasteiger partial charge is 0.464 e. The molecule has 0 fully saturated rings. The Morgan fingerprint density at radius 3 is 2.48 bits per heavy atom. The minimum absolute atomic E-state index is 0.0458. The van der Waals surface area contributed by atoms with Crippen LogP contribution in [0.1, 0.15) is 37.1 Å². The number of aromatic nitrogens is 2. The van der Waals surface area contributed by atoms with Gasteiger partial charge in [-0.25, -0.2) is 22.9 Å². The first-order valence-electron chi connectivity index (χ1n) is 6.43. The molecule has 0 amide bonds. The van der Waals surface area contributed by atoms with Crippen molar-refractivity contribution in [3.05, 3.63) is 11.5 Å². The normalized spacial score (nSPS) is 12.4. The van der Waals surface area contributed by atoms with Gasteiger partial charge >= 0.3 is 5.97 Å². The van der Waals surface area contributed by atoms with E-state index in [1.54, 1.807) is 18.4 Å². The van der Waals surface area contributed by atoms with Crippen LogP contribution >= 0.6 is 0 Å². The van der Waals surface area contributed by atoms with Gasteiger partial charge in [-0.05, 0) is 13.8 Å². The molecule has 1 aromatic heterocycles. The Bertz CT molecular complexity index is 634. The topological polar surface area (TPSA) is 116 Å². The molecule has 0 radical (unpaired) electrons. The molecule has 0 aliphatic heterocycles. The van der Waals surface area contributed by atoms with Crippen molar-refractivity contribution >= 4 is 21.8 Å². The number of carbonyl (C=O) groups is 1. The van der Waals surface area contributed by atoms with E-state index in [9.17, 15) is 13.2 Å². The molecule has 0 atom stereocenters. The number of hydrogen-bond donors (Lipinski definition) is 2. The number of nitrogens with two attached hydrogens (primary N) is 1. The maximum atomic E-state index is 11.6. The molecule has 120 valence electrons. The van der Waals surface area contributed by atoms with Crippen LogP contribution in [0.15, 0.2) is 0 Å². The van der Waals surface area contributed by atoms with E-state index >= 15 is 0 Å². The Morgan fingerprint density at radius 1 is 1.48 bits per heavy atom. The number of nitrogens with zero attached hydrogens (tertiary/aromatic N) is 2. The maximum absolute atomic E-state index is 11.6. The second-order valence-electron chi connectivity index (χ2n) is 5.45. The first kappa shape index (κ1) is 17.4. The predicted molar refractivity (Wildman–Crippen MR) is 79.4 cm³/mol. The number of esters is 1. The number of hydrogen-bond acceptors (Lipinski definition) is 6. The smallest absolute Gasteiger partial charge is 0.360 e. The predicted octanol–water partition coefficient (Wildman–Crippen LogP) is 0.142. The first-order chi connectivity index (χ1) is 9.50. The van der Waals surface area contributed by atoms with Crippen LogP contribution in [0, 0.1) is 0 Å². The van der Waals surface area contributed by atoms with E-state index in [0.717, 1.165) is 6.26 Å². The molecular formula is C12H22N4O4S. The number of methoxy groups -OCH3 is 1. The second kappa shape index (κ2) is 6.02. The summed E-state index contributed by atoms with van der Waals surface area (Å²) in [4.78, 5) is 15.8. The van der Waals surface area contributed by atoms with Crippen LogP contribution in [-0.4, -0.2) is 42.8 Å². The third-order valence-corrected chi connectivity index (χ3v) is 3.72.